The first-order chi connectivity index (χ1) is 9.47. The number of rotatable bonds is 4. The number of nitrogens with zero attached hydrogens (tertiary/aromatic N) is 1. The van der Waals surface area contributed by atoms with Gasteiger partial charge in [-0.3, -0.25) is 10.1 Å². The molecule has 0 spiro atoms. The molecule has 0 unspecified atom stereocenters. The fraction of sp³-hybridized carbons (Fsp3) is 0. The Balaban J connectivity index is 2.28. The van der Waals surface area contributed by atoms with Crippen molar-refractivity contribution in [2.75, 3.05) is 5.32 Å². The van der Waals surface area contributed by atoms with Gasteiger partial charge < -0.3 is 10.4 Å². The summed E-state index contributed by atoms with van der Waals surface area (Å²) in [6.45, 7) is 0. The normalized spacial score (nSPS) is 10.1. The number of benzene rings is 2. The maximum atomic E-state index is 13.7. The molecular weight excluding hydrogens is 267 g/mol. The second kappa shape index (κ2) is 5.35. The summed E-state index contributed by atoms with van der Waals surface area (Å²) in [5.41, 5.74) is 0.0707. The predicted molar refractivity (Wildman–Crippen MR) is 69.7 cm³/mol. The Labute approximate surface area is 112 Å². The van der Waals surface area contributed by atoms with Gasteiger partial charge in [0.15, 0.2) is 0 Å². The zero-order chi connectivity index (χ0) is 14.7. The van der Waals surface area contributed by atoms with Crippen LogP contribution >= 0.6 is 0 Å². The Bertz CT molecular complexity index is 688. The standard InChI is InChI=1S/C13H9FN2O4/c14-11-6-8(13(17)18)4-5-12(11)15-9-2-1-3-10(7-9)16(19)20/h1-7,15H,(H,17,18). The quantitative estimate of drug-likeness (QED) is 0.660. The van der Waals surface area contributed by atoms with Gasteiger partial charge in [0.2, 0.25) is 0 Å². The van der Waals surface area contributed by atoms with Crippen LogP contribution in [-0.2, 0) is 0 Å². The molecule has 0 aliphatic heterocycles. The van der Waals surface area contributed by atoms with Gasteiger partial charge in [-0.1, -0.05) is 6.07 Å². The van der Waals surface area contributed by atoms with Crippen LogP contribution in [0.4, 0.5) is 21.5 Å². The predicted octanol–water partition coefficient (Wildman–Crippen LogP) is 3.18. The Kier molecular flexibility index (Phi) is 3.60. The molecule has 0 radical (unpaired) electrons. The molecule has 0 saturated heterocycles. The van der Waals surface area contributed by atoms with Gasteiger partial charge in [0.1, 0.15) is 5.82 Å². The van der Waals surface area contributed by atoms with Gasteiger partial charge in [-0.25, -0.2) is 9.18 Å². The Morgan fingerprint density at radius 2 is 2.00 bits per heavy atom. The SMILES string of the molecule is O=C(O)c1ccc(Nc2cccc([N+](=O)[O-])c2)c(F)c1. The summed E-state index contributed by atoms with van der Waals surface area (Å²) in [6, 6.07) is 8.95. The third-order valence-electron chi connectivity index (χ3n) is 2.55. The van der Waals surface area contributed by atoms with Gasteiger partial charge in [0, 0.05) is 17.8 Å². The molecule has 0 amide bonds. The average Bonchev–Trinajstić information content (AvgIpc) is 2.41. The summed E-state index contributed by atoms with van der Waals surface area (Å²) in [6.07, 6.45) is 0. The van der Waals surface area contributed by atoms with Crippen molar-refractivity contribution >= 4 is 23.0 Å². The van der Waals surface area contributed by atoms with E-state index in [1.165, 1.54) is 36.4 Å². The molecule has 2 aromatic rings. The molecule has 102 valence electrons. The zero-order valence-electron chi connectivity index (χ0n) is 10.0. The number of aromatic carboxylic acids is 1. The summed E-state index contributed by atoms with van der Waals surface area (Å²) < 4.78 is 13.7. The van der Waals surface area contributed by atoms with Crippen LogP contribution in [0.2, 0.25) is 0 Å². The number of nitro benzene ring substituents is 1. The molecule has 0 fully saturated rings. The van der Waals surface area contributed by atoms with E-state index in [-0.39, 0.29) is 16.9 Å². The van der Waals surface area contributed by atoms with Crippen LogP contribution in [0.3, 0.4) is 0 Å². The molecule has 6 nitrogen and oxygen atoms in total. The van der Waals surface area contributed by atoms with Gasteiger partial charge in [-0.2, -0.15) is 0 Å². The second-order valence-corrected chi connectivity index (χ2v) is 3.93. The van der Waals surface area contributed by atoms with Gasteiger partial charge in [0.05, 0.1) is 16.2 Å². The number of carboxylic acid groups (broad SMARTS) is 1. The molecule has 2 N–H and O–H groups in total. The molecule has 0 saturated carbocycles. The van der Waals surface area contributed by atoms with Gasteiger partial charge in [-0.05, 0) is 24.3 Å². The molecule has 0 atom stereocenters. The smallest absolute Gasteiger partial charge is 0.335 e. The summed E-state index contributed by atoms with van der Waals surface area (Å²) in [5, 5.41) is 22.0. The topological polar surface area (TPSA) is 92.5 Å². The summed E-state index contributed by atoms with van der Waals surface area (Å²) in [7, 11) is 0. The van der Waals surface area contributed by atoms with Crippen LogP contribution in [0.25, 0.3) is 0 Å². The molecule has 2 aromatic carbocycles. The van der Waals surface area contributed by atoms with Gasteiger partial charge >= 0.3 is 5.97 Å². The molecule has 0 bridgehead atoms. The van der Waals surface area contributed by atoms with E-state index in [1.54, 1.807) is 0 Å². The summed E-state index contributed by atoms with van der Waals surface area (Å²) in [5.74, 6) is -1.98. The largest absolute Gasteiger partial charge is 0.478 e. The van der Waals surface area contributed by atoms with Crippen LogP contribution in [0.1, 0.15) is 10.4 Å². The van der Waals surface area contributed by atoms with E-state index >= 15 is 0 Å². The number of nitrogens with one attached hydrogen (secondary N) is 1. The van der Waals surface area contributed by atoms with E-state index in [0.29, 0.717) is 5.69 Å². The van der Waals surface area contributed by atoms with Crippen LogP contribution in [0.15, 0.2) is 42.5 Å². The number of hydrogen-bond donors (Lipinski definition) is 2. The molecule has 20 heavy (non-hydrogen) atoms. The van der Waals surface area contributed by atoms with Gasteiger partial charge in [-0.15, -0.1) is 0 Å². The fourth-order valence-electron chi connectivity index (χ4n) is 1.60. The second-order valence-electron chi connectivity index (χ2n) is 3.93. The van der Waals surface area contributed by atoms with Crippen molar-refractivity contribution in [1.82, 2.24) is 0 Å². The number of anilines is 2. The first-order valence-electron chi connectivity index (χ1n) is 5.51. The van der Waals surface area contributed by atoms with E-state index < -0.39 is 16.7 Å². The number of carboxylic acids is 1. The first-order valence-corrected chi connectivity index (χ1v) is 5.51. The minimum absolute atomic E-state index is 0.0375. The maximum Gasteiger partial charge on any atom is 0.335 e. The van der Waals surface area contributed by atoms with E-state index in [9.17, 15) is 19.3 Å². The Hall–Kier alpha value is -2.96. The maximum absolute atomic E-state index is 13.7. The van der Waals surface area contributed by atoms with E-state index in [4.69, 9.17) is 5.11 Å². The third-order valence-corrected chi connectivity index (χ3v) is 2.55. The van der Waals surface area contributed by atoms with Crippen molar-refractivity contribution in [3.8, 4) is 0 Å². The highest BCUT2D eigenvalue weighted by Crippen LogP contribution is 2.24. The number of nitro groups is 1. The number of halogens is 1. The van der Waals surface area contributed by atoms with Crippen LogP contribution in [-0.4, -0.2) is 16.0 Å². The zero-order valence-corrected chi connectivity index (χ0v) is 10.0. The molecule has 0 aromatic heterocycles. The average molecular weight is 276 g/mol. The van der Waals surface area contributed by atoms with Crippen molar-refractivity contribution in [2.24, 2.45) is 0 Å². The first kappa shape index (κ1) is 13.5. The third kappa shape index (κ3) is 2.89. The lowest BCUT2D eigenvalue weighted by Crippen LogP contribution is -2.00. The molecule has 0 heterocycles. The molecule has 0 aliphatic carbocycles. The fourth-order valence-corrected chi connectivity index (χ4v) is 1.60. The van der Waals surface area contributed by atoms with E-state index in [1.807, 2.05) is 0 Å². The monoisotopic (exact) mass is 276 g/mol. The number of non-ortho nitro benzene ring substituents is 1. The van der Waals surface area contributed by atoms with Crippen LogP contribution in [0.5, 0.6) is 0 Å². The highest BCUT2D eigenvalue weighted by atomic mass is 19.1. The van der Waals surface area contributed by atoms with Crippen molar-refractivity contribution in [2.45, 2.75) is 0 Å². The van der Waals surface area contributed by atoms with Crippen molar-refractivity contribution in [3.63, 3.8) is 0 Å². The van der Waals surface area contributed by atoms with E-state index in [0.717, 1.165) is 6.07 Å². The number of carbonyl (C=O) groups is 1. The van der Waals surface area contributed by atoms with E-state index in [2.05, 4.69) is 5.32 Å². The highest BCUT2D eigenvalue weighted by Gasteiger charge is 2.10. The number of hydrogen-bond acceptors (Lipinski definition) is 4. The van der Waals surface area contributed by atoms with Crippen LogP contribution in [0, 0.1) is 15.9 Å². The van der Waals surface area contributed by atoms with Crippen molar-refractivity contribution in [3.05, 3.63) is 64.0 Å². The lowest BCUT2D eigenvalue weighted by molar-refractivity contribution is -0.384. The van der Waals surface area contributed by atoms with Crippen molar-refractivity contribution < 1.29 is 19.2 Å². The lowest BCUT2D eigenvalue weighted by atomic mass is 10.2. The Morgan fingerprint density at radius 3 is 2.60 bits per heavy atom. The molecule has 7 heteroatoms. The van der Waals surface area contributed by atoms with Crippen molar-refractivity contribution in [1.29, 1.82) is 0 Å². The molecule has 2 rings (SSSR count). The molecule has 0 aliphatic rings. The lowest BCUT2D eigenvalue weighted by Gasteiger charge is -2.08. The minimum Gasteiger partial charge on any atom is -0.478 e. The molecular formula is C13H9FN2O4. The van der Waals surface area contributed by atoms with Crippen LogP contribution < -0.4 is 5.32 Å². The highest BCUT2D eigenvalue weighted by molar-refractivity contribution is 5.88. The van der Waals surface area contributed by atoms with Gasteiger partial charge in [0.25, 0.3) is 5.69 Å². The Morgan fingerprint density at radius 1 is 1.25 bits per heavy atom. The summed E-state index contributed by atoms with van der Waals surface area (Å²) in [4.78, 5) is 20.8. The minimum atomic E-state index is -1.23. The summed E-state index contributed by atoms with van der Waals surface area (Å²) >= 11 is 0.